The van der Waals surface area contributed by atoms with E-state index >= 15 is 0 Å². The second kappa shape index (κ2) is 5.69. The van der Waals surface area contributed by atoms with Crippen LogP contribution in [0.3, 0.4) is 0 Å². The number of hydrogen-bond acceptors (Lipinski definition) is 2. The number of aliphatic carboxylic acids is 1. The maximum absolute atomic E-state index is 11.3. The molecule has 90 valence electrons. The lowest BCUT2D eigenvalue weighted by atomic mass is 10.1. The molecule has 0 radical (unpaired) electrons. The smallest absolute Gasteiger partial charge is 0.337 e. The Hall–Kier alpha value is -2.30. The van der Waals surface area contributed by atoms with Gasteiger partial charge in [0.25, 0.3) is 0 Å². The average Bonchev–Trinajstić information content (AvgIpc) is 2.29. The van der Waals surface area contributed by atoms with Gasteiger partial charge in [-0.15, -0.1) is 0 Å². The molecule has 0 bridgehead atoms. The Morgan fingerprint density at radius 3 is 2.29 bits per heavy atom. The third-order valence-electron chi connectivity index (χ3n) is 2.06. The van der Waals surface area contributed by atoms with E-state index in [1.807, 2.05) is 0 Å². The van der Waals surface area contributed by atoms with Crippen LogP contribution in [0.4, 0.5) is 4.79 Å². The first kappa shape index (κ1) is 12.8. The van der Waals surface area contributed by atoms with Crippen molar-refractivity contribution < 1.29 is 14.7 Å². The van der Waals surface area contributed by atoms with Crippen molar-refractivity contribution >= 4 is 17.6 Å². The number of hydrogen-bond donors (Lipinski definition) is 2. The number of carbonyl (C=O) groups is 2. The zero-order chi connectivity index (χ0) is 12.8. The van der Waals surface area contributed by atoms with Crippen molar-refractivity contribution in [3.63, 3.8) is 0 Å². The third-order valence-corrected chi connectivity index (χ3v) is 2.06. The standard InChI is InChI=1S/C12H14N2O3/c1-14(2)12(17)13-8-10(11(15)16)9-6-4-3-5-7-9/h3-8H,1-2H3,(H,13,17)(H,15,16)/b10-8-. The van der Waals surface area contributed by atoms with Gasteiger partial charge in [-0.1, -0.05) is 30.3 Å². The molecule has 2 N–H and O–H groups in total. The van der Waals surface area contributed by atoms with Gasteiger partial charge in [0.2, 0.25) is 0 Å². The fourth-order valence-corrected chi connectivity index (χ4v) is 1.15. The number of carboxylic acids is 1. The van der Waals surface area contributed by atoms with E-state index in [0.717, 1.165) is 0 Å². The van der Waals surface area contributed by atoms with Crippen molar-refractivity contribution in [3.05, 3.63) is 42.1 Å². The van der Waals surface area contributed by atoms with Gasteiger partial charge in [-0.25, -0.2) is 9.59 Å². The van der Waals surface area contributed by atoms with Crippen LogP contribution in [-0.2, 0) is 4.79 Å². The first-order valence-corrected chi connectivity index (χ1v) is 4.99. The highest BCUT2D eigenvalue weighted by molar-refractivity contribution is 6.15. The fraction of sp³-hybridized carbons (Fsp3) is 0.167. The van der Waals surface area contributed by atoms with Gasteiger partial charge in [-0.3, -0.25) is 0 Å². The molecule has 1 aromatic carbocycles. The van der Waals surface area contributed by atoms with Crippen LogP contribution in [0.2, 0.25) is 0 Å². The van der Waals surface area contributed by atoms with Crippen molar-refractivity contribution in [2.45, 2.75) is 0 Å². The lowest BCUT2D eigenvalue weighted by Crippen LogP contribution is -2.31. The number of benzene rings is 1. The molecule has 5 heteroatoms. The number of urea groups is 1. The van der Waals surface area contributed by atoms with Gasteiger partial charge in [-0.2, -0.15) is 0 Å². The summed E-state index contributed by atoms with van der Waals surface area (Å²) < 4.78 is 0. The minimum atomic E-state index is -1.09. The van der Waals surface area contributed by atoms with E-state index in [4.69, 9.17) is 5.11 Å². The van der Waals surface area contributed by atoms with Crippen LogP contribution in [0, 0.1) is 0 Å². The maximum Gasteiger partial charge on any atom is 0.337 e. The van der Waals surface area contributed by atoms with E-state index in [1.54, 1.807) is 44.4 Å². The molecule has 0 atom stereocenters. The molecule has 0 aliphatic rings. The van der Waals surface area contributed by atoms with Gasteiger partial charge in [0.1, 0.15) is 0 Å². The lowest BCUT2D eigenvalue weighted by Gasteiger charge is -2.10. The summed E-state index contributed by atoms with van der Waals surface area (Å²) in [6.07, 6.45) is 1.19. The second-order valence-electron chi connectivity index (χ2n) is 3.57. The van der Waals surface area contributed by atoms with Crippen molar-refractivity contribution in [2.75, 3.05) is 14.1 Å². The van der Waals surface area contributed by atoms with Crippen LogP contribution in [0.25, 0.3) is 5.57 Å². The van der Waals surface area contributed by atoms with Crippen molar-refractivity contribution in [2.24, 2.45) is 0 Å². The van der Waals surface area contributed by atoms with E-state index in [0.29, 0.717) is 5.56 Å². The highest BCUT2D eigenvalue weighted by Gasteiger charge is 2.10. The summed E-state index contributed by atoms with van der Waals surface area (Å²) in [5.74, 6) is -1.09. The first-order valence-electron chi connectivity index (χ1n) is 4.99. The molecule has 1 aromatic rings. The van der Waals surface area contributed by atoms with Crippen LogP contribution in [0.15, 0.2) is 36.5 Å². The van der Waals surface area contributed by atoms with Gasteiger partial charge >= 0.3 is 12.0 Å². The Morgan fingerprint density at radius 1 is 1.24 bits per heavy atom. The van der Waals surface area contributed by atoms with Crippen molar-refractivity contribution in [3.8, 4) is 0 Å². The lowest BCUT2D eigenvalue weighted by molar-refractivity contribution is -0.130. The SMILES string of the molecule is CN(C)C(=O)N/C=C(\C(=O)O)c1ccccc1. The van der Waals surface area contributed by atoms with E-state index < -0.39 is 5.97 Å². The molecule has 0 aromatic heterocycles. The maximum atomic E-state index is 11.3. The quantitative estimate of drug-likeness (QED) is 0.776. The predicted molar refractivity (Wildman–Crippen MR) is 64.3 cm³/mol. The van der Waals surface area contributed by atoms with Crippen LogP contribution >= 0.6 is 0 Å². The molecule has 0 heterocycles. The fourth-order valence-electron chi connectivity index (χ4n) is 1.15. The number of nitrogens with zero attached hydrogens (tertiary/aromatic N) is 1. The molecule has 5 nitrogen and oxygen atoms in total. The Morgan fingerprint density at radius 2 is 1.82 bits per heavy atom. The van der Waals surface area contributed by atoms with Crippen molar-refractivity contribution in [1.82, 2.24) is 10.2 Å². The summed E-state index contributed by atoms with van der Waals surface area (Å²) in [6.45, 7) is 0. The minimum Gasteiger partial charge on any atom is -0.478 e. The zero-order valence-electron chi connectivity index (χ0n) is 9.68. The topological polar surface area (TPSA) is 69.6 Å². The molecular formula is C12H14N2O3. The number of carboxylic acid groups (broad SMARTS) is 1. The summed E-state index contributed by atoms with van der Waals surface area (Å²) in [5, 5.41) is 11.5. The highest BCUT2D eigenvalue weighted by atomic mass is 16.4. The molecule has 17 heavy (non-hydrogen) atoms. The van der Waals surface area contributed by atoms with Crippen molar-refractivity contribution in [1.29, 1.82) is 0 Å². The molecule has 0 fully saturated rings. The van der Waals surface area contributed by atoms with Crippen LogP contribution < -0.4 is 5.32 Å². The number of rotatable bonds is 3. The van der Waals surface area contributed by atoms with Gasteiger partial charge in [0.05, 0.1) is 5.57 Å². The number of carbonyl (C=O) groups excluding carboxylic acids is 1. The predicted octanol–water partition coefficient (Wildman–Crippen LogP) is 1.38. The van der Waals surface area contributed by atoms with Gasteiger partial charge < -0.3 is 15.3 Å². The molecule has 0 aliphatic carbocycles. The Labute approximate surface area is 99.4 Å². The van der Waals surface area contributed by atoms with Gasteiger partial charge in [0, 0.05) is 20.3 Å². The molecule has 2 amide bonds. The van der Waals surface area contributed by atoms with E-state index in [2.05, 4.69) is 5.32 Å². The zero-order valence-corrected chi connectivity index (χ0v) is 9.68. The van der Waals surface area contributed by atoms with Crippen LogP contribution in [-0.4, -0.2) is 36.1 Å². The highest BCUT2D eigenvalue weighted by Crippen LogP contribution is 2.12. The average molecular weight is 234 g/mol. The van der Waals surface area contributed by atoms with Gasteiger partial charge in [-0.05, 0) is 5.56 Å². The largest absolute Gasteiger partial charge is 0.478 e. The summed E-state index contributed by atoms with van der Waals surface area (Å²) >= 11 is 0. The number of nitrogens with one attached hydrogen (secondary N) is 1. The molecule has 0 spiro atoms. The first-order chi connectivity index (χ1) is 8.02. The Kier molecular flexibility index (Phi) is 4.28. The number of amides is 2. The minimum absolute atomic E-state index is 0.0424. The summed E-state index contributed by atoms with van der Waals surface area (Å²) in [6, 6.07) is 8.23. The summed E-state index contributed by atoms with van der Waals surface area (Å²) in [7, 11) is 3.15. The second-order valence-corrected chi connectivity index (χ2v) is 3.57. The Balaban J connectivity index is 2.92. The molecule has 0 saturated carbocycles. The normalized spacial score (nSPS) is 10.8. The molecule has 0 saturated heterocycles. The molecule has 0 aliphatic heterocycles. The summed E-state index contributed by atoms with van der Waals surface area (Å²) in [5.41, 5.74) is 0.583. The van der Waals surface area contributed by atoms with Gasteiger partial charge in [0.15, 0.2) is 0 Å². The summed E-state index contributed by atoms with van der Waals surface area (Å²) in [4.78, 5) is 23.6. The molecule has 0 unspecified atom stereocenters. The van der Waals surface area contributed by atoms with E-state index in [9.17, 15) is 9.59 Å². The van der Waals surface area contributed by atoms with E-state index in [1.165, 1.54) is 11.1 Å². The van der Waals surface area contributed by atoms with Crippen LogP contribution in [0.5, 0.6) is 0 Å². The molecular weight excluding hydrogens is 220 g/mol. The van der Waals surface area contributed by atoms with Crippen LogP contribution in [0.1, 0.15) is 5.56 Å². The van der Waals surface area contributed by atoms with E-state index in [-0.39, 0.29) is 11.6 Å². The monoisotopic (exact) mass is 234 g/mol. The Bertz CT molecular complexity index is 438. The molecule has 1 rings (SSSR count). The third kappa shape index (κ3) is 3.64.